The van der Waals surface area contributed by atoms with Gasteiger partial charge in [-0.05, 0) is 13.3 Å². The van der Waals surface area contributed by atoms with Crippen LogP contribution in [0.5, 0.6) is 0 Å². The molecule has 2 rings (SSSR count). The Morgan fingerprint density at radius 1 is 1.16 bits per heavy atom. The van der Waals surface area contributed by atoms with Gasteiger partial charge in [-0.1, -0.05) is 5.21 Å². The number of aliphatic hydroxyl groups is 3. The predicted octanol–water partition coefficient (Wildman–Crippen LogP) is -2.64. The lowest BCUT2D eigenvalue weighted by molar-refractivity contribution is -0.295. The van der Waals surface area contributed by atoms with Gasteiger partial charge < -0.3 is 45.1 Å². The van der Waals surface area contributed by atoms with Gasteiger partial charge in [0.1, 0.15) is 18.3 Å². The average molecular weight is 551 g/mol. The minimum Gasteiger partial charge on any atom is -0.481 e. The third-order valence-electron chi connectivity index (χ3n) is 5.69. The lowest BCUT2D eigenvalue weighted by atomic mass is 9.97. The Hall–Kier alpha value is -2.18. The second kappa shape index (κ2) is 15.3. The van der Waals surface area contributed by atoms with Gasteiger partial charge in [0, 0.05) is 24.8 Å². The number of ether oxygens (including phenoxy) is 3. The highest BCUT2D eigenvalue weighted by Crippen LogP contribution is 2.22. The summed E-state index contributed by atoms with van der Waals surface area (Å²) >= 11 is 1.37. The number of likely N-dealkylation sites (N-methyl/N-ethyl adjacent to an activating group) is 1. The monoisotopic (exact) mass is 550 g/mol. The van der Waals surface area contributed by atoms with Crippen LogP contribution in [0.25, 0.3) is 0 Å². The molecule has 1 aliphatic rings. The van der Waals surface area contributed by atoms with E-state index in [2.05, 4.69) is 15.6 Å². The number of rotatable bonds is 17. The van der Waals surface area contributed by atoms with E-state index in [0.29, 0.717) is 18.0 Å². The number of aromatic nitrogens is 3. The summed E-state index contributed by atoms with van der Waals surface area (Å²) < 4.78 is 17.2. The van der Waals surface area contributed by atoms with Crippen LogP contribution < -0.4 is 5.32 Å². The van der Waals surface area contributed by atoms with Crippen molar-refractivity contribution in [2.75, 3.05) is 38.9 Å². The zero-order chi connectivity index (χ0) is 27.5. The van der Waals surface area contributed by atoms with Crippen molar-refractivity contribution in [3.8, 4) is 0 Å². The molecule has 6 N–H and O–H groups in total. The average Bonchev–Trinajstić information content (AvgIpc) is 3.30. The number of carbonyl (C=O) groups excluding carboxylic acids is 1. The van der Waals surface area contributed by atoms with Gasteiger partial charge in [0.25, 0.3) is 0 Å². The molecule has 37 heavy (non-hydrogen) atoms. The second-order valence-corrected chi connectivity index (χ2v) is 9.31. The molecular weight excluding hydrogens is 516 g/mol. The summed E-state index contributed by atoms with van der Waals surface area (Å²) in [4.78, 5) is 35.0. The summed E-state index contributed by atoms with van der Waals surface area (Å²) in [5.41, 5.74) is 0.546. The summed E-state index contributed by atoms with van der Waals surface area (Å²) in [5, 5.41) is 58.6. The van der Waals surface area contributed by atoms with Gasteiger partial charge in [0.2, 0.25) is 0 Å². The number of carboxylic acids is 2. The normalized spacial score (nSPS) is 25.5. The summed E-state index contributed by atoms with van der Waals surface area (Å²) in [6, 6.07) is -0.597. The molecule has 3 unspecified atom stereocenters. The maximum absolute atomic E-state index is 12.6. The Morgan fingerprint density at radius 3 is 2.51 bits per heavy atom. The van der Waals surface area contributed by atoms with Crippen molar-refractivity contribution in [1.29, 1.82) is 0 Å². The standard InChI is InChI=1S/C21H34N4O11S/c1-22-13(14(26)7-11(10-37-2)19(30)31)8-12-9-25(24-23-12)3-4-34-5-6-35-21-17(29)15(27)16(28)18(36-21)20(32)33/h9,11,13,15-18,21-22,27-29H,3-8,10H2,1-2H3,(H,30,31)(H,32,33)/t11-,13+,15+,16?,17+,18?,21?/m1/s1. The van der Waals surface area contributed by atoms with Crippen molar-refractivity contribution >= 4 is 29.5 Å². The molecule has 7 atom stereocenters. The molecule has 0 radical (unpaired) electrons. The molecule has 0 bridgehead atoms. The number of carbonyl (C=O) groups is 3. The third-order valence-corrected chi connectivity index (χ3v) is 6.42. The number of nitrogens with one attached hydrogen (secondary N) is 1. The molecule has 0 aliphatic carbocycles. The molecule has 0 aromatic carbocycles. The Bertz CT molecular complexity index is 888. The van der Waals surface area contributed by atoms with E-state index in [9.17, 15) is 34.8 Å². The van der Waals surface area contributed by atoms with Gasteiger partial charge in [-0.25, -0.2) is 9.48 Å². The van der Waals surface area contributed by atoms with E-state index in [1.54, 1.807) is 19.5 Å². The molecule has 0 saturated carbocycles. The van der Waals surface area contributed by atoms with Crippen molar-refractivity contribution in [2.45, 2.75) is 56.1 Å². The van der Waals surface area contributed by atoms with Gasteiger partial charge >= 0.3 is 11.9 Å². The number of ketones is 1. The Kier molecular flexibility index (Phi) is 12.8. The molecule has 1 aromatic heterocycles. The first kappa shape index (κ1) is 31.0. The summed E-state index contributed by atoms with van der Waals surface area (Å²) in [5.74, 6) is -3.12. The first-order valence-corrected chi connectivity index (χ1v) is 12.9. The van der Waals surface area contributed by atoms with Gasteiger partial charge in [0.05, 0.1) is 44.0 Å². The SMILES string of the molecule is CN[C@@H](Cc1cn(CCOCCOC2OC(C(=O)O)C(O)[C@H](O)[C@@H]2O)nn1)C(=O)C[C@H](CSC)C(=O)O. The first-order chi connectivity index (χ1) is 17.6. The van der Waals surface area contributed by atoms with E-state index in [1.165, 1.54) is 16.4 Å². The van der Waals surface area contributed by atoms with E-state index in [-0.39, 0.29) is 38.4 Å². The van der Waals surface area contributed by atoms with Crippen molar-refractivity contribution in [3.63, 3.8) is 0 Å². The summed E-state index contributed by atoms with van der Waals surface area (Å²) in [7, 11) is 1.62. The zero-order valence-electron chi connectivity index (χ0n) is 20.5. The highest BCUT2D eigenvalue weighted by atomic mass is 32.2. The summed E-state index contributed by atoms with van der Waals surface area (Å²) in [6.45, 7) is 0.512. The van der Waals surface area contributed by atoms with Crippen molar-refractivity contribution < 1.29 is 54.1 Å². The van der Waals surface area contributed by atoms with Crippen molar-refractivity contribution in [3.05, 3.63) is 11.9 Å². The molecule has 1 aliphatic heterocycles. The van der Waals surface area contributed by atoms with Crippen LogP contribution in [0.15, 0.2) is 6.20 Å². The number of Topliss-reactive ketones (excluding diaryl/α,β-unsaturated/α-hetero) is 1. The largest absolute Gasteiger partial charge is 0.481 e. The Labute approximate surface area is 217 Å². The topological polar surface area (TPSA) is 223 Å². The molecule has 0 spiro atoms. The van der Waals surface area contributed by atoms with Crippen LogP contribution in [-0.4, -0.2) is 134 Å². The quantitative estimate of drug-likeness (QED) is 0.109. The molecule has 0 amide bonds. The first-order valence-electron chi connectivity index (χ1n) is 11.5. The van der Waals surface area contributed by atoms with Crippen LogP contribution in [0.3, 0.4) is 0 Å². The fourth-order valence-electron chi connectivity index (χ4n) is 3.60. The zero-order valence-corrected chi connectivity index (χ0v) is 21.3. The third kappa shape index (κ3) is 9.26. The van der Waals surface area contributed by atoms with Gasteiger partial charge in [-0.3, -0.25) is 9.59 Å². The smallest absolute Gasteiger partial charge is 0.335 e. The van der Waals surface area contributed by atoms with E-state index >= 15 is 0 Å². The van der Waals surface area contributed by atoms with Crippen molar-refractivity contribution in [1.82, 2.24) is 20.3 Å². The van der Waals surface area contributed by atoms with Gasteiger partial charge in [-0.15, -0.1) is 5.10 Å². The van der Waals surface area contributed by atoms with Crippen LogP contribution in [0, 0.1) is 5.92 Å². The Morgan fingerprint density at radius 2 is 1.89 bits per heavy atom. The Balaban J connectivity index is 1.72. The van der Waals surface area contributed by atoms with E-state index in [1.807, 2.05) is 0 Å². The number of thioether (sulfide) groups is 1. The maximum Gasteiger partial charge on any atom is 0.335 e. The van der Waals surface area contributed by atoms with Crippen LogP contribution >= 0.6 is 11.8 Å². The molecule has 210 valence electrons. The molecule has 16 heteroatoms. The van der Waals surface area contributed by atoms with Crippen LogP contribution in [0.4, 0.5) is 0 Å². The highest BCUT2D eigenvalue weighted by Gasteiger charge is 2.47. The molecule has 1 aromatic rings. The number of nitrogens with zero attached hydrogens (tertiary/aromatic N) is 3. The lowest BCUT2D eigenvalue weighted by Gasteiger charge is -2.38. The van der Waals surface area contributed by atoms with E-state index in [4.69, 9.17) is 19.3 Å². The van der Waals surface area contributed by atoms with Crippen LogP contribution in [0.2, 0.25) is 0 Å². The summed E-state index contributed by atoms with van der Waals surface area (Å²) in [6.07, 6.45) is -4.75. The number of aliphatic hydroxyl groups excluding tert-OH is 3. The van der Waals surface area contributed by atoms with E-state index in [0.717, 1.165) is 0 Å². The van der Waals surface area contributed by atoms with Crippen LogP contribution in [-0.2, 0) is 41.6 Å². The maximum atomic E-state index is 12.6. The number of aliphatic carboxylic acids is 2. The molecule has 2 heterocycles. The molecule has 15 nitrogen and oxygen atoms in total. The minimum absolute atomic E-state index is 0.0572. The fourth-order valence-corrected chi connectivity index (χ4v) is 4.27. The van der Waals surface area contributed by atoms with E-state index < -0.39 is 54.6 Å². The van der Waals surface area contributed by atoms with Gasteiger partial charge in [-0.2, -0.15) is 11.8 Å². The lowest BCUT2D eigenvalue weighted by Crippen LogP contribution is -2.60. The number of hydrogen-bond acceptors (Lipinski definition) is 13. The fraction of sp³-hybridized carbons (Fsp3) is 0.762. The minimum atomic E-state index is -1.79. The molecular formula is C21H34N4O11S. The number of hydrogen-bond donors (Lipinski definition) is 6. The second-order valence-electron chi connectivity index (χ2n) is 8.40. The van der Waals surface area contributed by atoms with Crippen molar-refractivity contribution in [2.24, 2.45) is 5.92 Å². The van der Waals surface area contributed by atoms with Gasteiger partial charge in [0.15, 0.2) is 18.2 Å². The predicted molar refractivity (Wildman–Crippen MR) is 127 cm³/mol. The highest BCUT2D eigenvalue weighted by molar-refractivity contribution is 7.98. The molecule has 1 saturated heterocycles. The number of carboxylic acid groups (broad SMARTS) is 2. The van der Waals surface area contributed by atoms with Crippen LogP contribution in [0.1, 0.15) is 12.1 Å². The molecule has 1 fully saturated rings.